The number of hydrogen-bond acceptors (Lipinski definition) is 3. The molecule has 1 aliphatic heterocycles. The molecule has 100 valence electrons. The van der Waals surface area contributed by atoms with E-state index >= 15 is 0 Å². The van der Waals surface area contributed by atoms with Crippen molar-refractivity contribution in [1.82, 2.24) is 9.88 Å². The molecule has 4 heteroatoms. The maximum Gasteiger partial charge on any atom is 0.128 e. The van der Waals surface area contributed by atoms with Gasteiger partial charge < -0.3 is 10.2 Å². The third-order valence-electron chi connectivity index (χ3n) is 3.51. The monoisotopic (exact) mass is 311 g/mol. The number of likely N-dealkylation sites (tertiary alicyclic amines) is 1. The van der Waals surface area contributed by atoms with Crippen LogP contribution in [0, 0.1) is 12.8 Å². The van der Waals surface area contributed by atoms with Crippen molar-refractivity contribution in [2.75, 3.05) is 31.5 Å². The van der Waals surface area contributed by atoms with Crippen LogP contribution in [-0.4, -0.2) is 36.1 Å². The Morgan fingerprint density at radius 2 is 2.39 bits per heavy atom. The summed E-state index contributed by atoms with van der Waals surface area (Å²) in [5.74, 6) is 1.86. The highest BCUT2D eigenvalue weighted by atomic mass is 79.9. The van der Waals surface area contributed by atoms with Crippen LogP contribution in [0.3, 0.4) is 0 Å². The van der Waals surface area contributed by atoms with Crippen molar-refractivity contribution in [2.24, 2.45) is 5.92 Å². The van der Waals surface area contributed by atoms with Crippen molar-refractivity contribution < 1.29 is 0 Å². The van der Waals surface area contributed by atoms with Crippen LogP contribution >= 0.6 is 15.9 Å². The van der Waals surface area contributed by atoms with Gasteiger partial charge in [0.1, 0.15) is 5.82 Å². The first kappa shape index (κ1) is 13.8. The number of aryl methyl sites for hydroxylation is 1. The molecule has 1 unspecified atom stereocenters. The summed E-state index contributed by atoms with van der Waals surface area (Å²) < 4.78 is 1.04. The second kappa shape index (κ2) is 6.53. The van der Waals surface area contributed by atoms with Crippen LogP contribution in [0.5, 0.6) is 0 Å². The molecule has 1 N–H and O–H groups in total. The quantitative estimate of drug-likeness (QED) is 0.924. The highest BCUT2D eigenvalue weighted by molar-refractivity contribution is 9.10. The molecular formula is C14H22BrN3. The molecule has 3 nitrogen and oxygen atoms in total. The Morgan fingerprint density at radius 1 is 1.56 bits per heavy atom. The minimum Gasteiger partial charge on any atom is -0.369 e. The van der Waals surface area contributed by atoms with Gasteiger partial charge in [0.05, 0.1) is 0 Å². The Morgan fingerprint density at radius 3 is 3.11 bits per heavy atom. The number of piperidine rings is 1. The minimum atomic E-state index is 0.853. The van der Waals surface area contributed by atoms with E-state index in [1.165, 1.54) is 31.5 Å². The standard InChI is InChI=1S/C14H22BrN3/c1-11-4-3-6-18(10-11)7-5-16-14-12(2)8-13(15)9-17-14/h8-9,11H,3-7,10H2,1-2H3,(H,16,17). The second-order valence-electron chi connectivity index (χ2n) is 5.29. The first-order valence-electron chi connectivity index (χ1n) is 6.73. The lowest BCUT2D eigenvalue weighted by Gasteiger charge is -2.30. The van der Waals surface area contributed by atoms with Crippen molar-refractivity contribution in [1.29, 1.82) is 0 Å². The molecule has 1 aliphatic rings. The maximum atomic E-state index is 4.40. The van der Waals surface area contributed by atoms with Crippen LogP contribution < -0.4 is 5.32 Å². The summed E-state index contributed by atoms with van der Waals surface area (Å²) in [6, 6.07) is 2.10. The van der Waals surface area contributed by atoms with Gasteiger partial charge in [-0.15, -0.1) is 0 Å². The molecule has 0 spiro atoms. The SMILES string of the molecule is Cc1cc(Br)cnc1NCCN1CCCC(C)C1. The first-order valence-corrected chi connectivity index (χ1v) is 7.53. The Kier molecular flexibility index (Phi) is 5.01. The summed E-state index contributed by atoms with van der Waals surface area (Å²) in [7, 11) is 0. The smallest absolute Gasteiger partial charge is 0.128 e. The van der Waals surface area contributed by atoms with E-state index in [2.05, 4.69) is 51.0 Å². The molecule has 0 aromatic carbocycles. The van der Waals surface area contributed by atoms with Crippen molar-refractivity contribution in [2.45, 2.75) is 26.7 Å². The van der Waals surface area contributed by atoms with E-state index in [-0.39, 0.29) is 0 Å². The molecule has 0 aliphatic carbocycles. The van der Waals surface area contributed by atoms with Gasteiger partial charge in [-0.1, -0.05) is 6.92 Å². The van der Waals surface area contributed by atoms with Gasteiger partial charge in [-0.25, -0.2) is 4.98 Å². The van der Waals surface area contributed by atoms with Gasteiger partial charge in [0, 0.05) is 30.3 Å². The number of anilines is 1. The van der Waals surface area contributed by atoms with Crippen LogP contribution in [-0.2, 0) is 0 Å². The lowest BCUT2D eigenvalue weighted by molar-refractivity contribution is 0.190. The highest BCUT2D eigenvalue weighted by Crippen LogP contribution is 2.17. The largest absolute Gasteiger partial charge is 0.369 e. The fourth-order valence-electron chi connectivity index (χ4n) is 2.55. The molecule has 2 heterocycles. The van der Waals surface area contributed by atoms with E-state index in [9.17, 15) is 0 Å². The van der Waals surface area contributed by atoms with Crippen molar-refractivity contribution in [3.8, 4) is 0 Å². The van der Waals surface area contributed by atoms with Gasteiger partial charge in [0.15, 0.2) is 0 Å². The average molecular weight is 312 g/mol. The Bertz CT molecular complexity index is 395. The van der Waals surface area contributed by atoms with Crippen LogP contribution in [0.25, 0.3) is 0 Å². The molecule has 18 heavy (non-hydrogen) atoms. The van der Waals surface area contributed by atoms with E-state index < -0.39 is 0 Å². The molecule has 0 bridgehead atoms. The molecular weight excluding hydrogens is 290 g/mol. The number of nitrogens with zero attached hydrogens (tertiary/aromatic N) is 2. The minimum absolute atomic E-state index is 0.853. The summed E-state index contributed by atoms with van der Waals surface area (Å²) in [5, 5.41) is 3.43. The van der Waals surface area contributed by atoms with Gasteiger partial charge in [0.25, 0.3) is 0 Å². The third-order valence-corrected chi connectivity index (χ3v) is 3.94. The first-order chi connectivity index (χ1) is 8.65. The van der Waals surface area contributed by atoms with E-state index in [4.69, 9.17) is 0 Å². The molecule has 1 saturated heterocycles. The van der Waals surface area contributed by atoms with Gasteiger partial charge in [-0.3, -0.25) is 0 Å². The lowest BCUT2D eigenvalue weighted by Crippen LogP contribution is -2.37. The van der Waals surface area contributed by atoms with Crippen molar-refractivity contribution >= 4 is 21.7 Å². The maximum absolute atomic E-state index is 4.40. The Labute approximate surface area is 118 Å². The van der Waals surface area contributed by atoms with Crippen LogP contribution in [0.1, 0.15) is 25.3 Å². The summed E-state index contributed by atoms with van der Waals surface area (Å²) in [6.07, 6.45) is 4.58. The van der Waals surface area contributed by atoms with Gasteiger partial charge >= 0.3 is 0 Å². The fourth-order valence-corrected chi connectivity index (χ4v) is 2.99. The number of pyridine rings is 1. The molecule has 0 amide bonds. The van der Waals surface area contributed by atoms with Gasteiger partial charge in [0.2, 0.25) is 0 Å². The molecule has 1 atom stereocenters. The zero-order valence-electron chi connectivity index (χ0n) is 11.2. The summed E-state index contributed by atoms with van der Waals surface area (Å²) in [6.45, 7) is 9.01. The van der Waals surface area contributed by atoms with Gasteiger partial charge in [-0.05, 0) is 59.8 Å². The third kappa shape index (κ3) is 3.95. The molecule has 0 saturated carbocycles. The number of rotatable bonds is 4. The second-order valence-corrected chi connectivity index (χ2v) is 6.21. The molecule has 1 aromatic rings. The zero-order valence-corrected chi connectivity index (χ0v) is 12.8. The van der Waals surface area contributed by atoms with Gasteiger partial charge in [-0.2, -0.15) is 0 Å². The summed E-state index contributed by atoms with van der Waals surface area (Å²) >= 11 is 3.44. The van der Waals surface area contributed by atoms with Crippen molar-refractivity contribution in [3.63, 3.8) is 0 Å². The number of hydrogen-bond donors (Lipinski definition) is 1. The highest BCUT2D eigenvalue weighted by Gasteiger charge is 2.15. The number of nitrogens with one attached hydrogen (secondary N) is 1. The normalized spacial score (nSPS) is 20.9. The zero-order chi connectivity index (χ0) is 13.0. The molecule has 1 fully saturated rings. The molecule has 1 aromatic heterocycles. The fraction of sp³-hybridized carbons (Fsp3) is 0.643. The predicted molar refractivity (Wildman–Crippen MR) is 80.0 cm³/mol. The van der Waals surface area contributed by atoms with Crippen molar-refractivity contribution in [3.05, 3.63) is 22.3 Å². The topological polar surface area (TPSA) is 28.2 Å². The van der Waals surface area contributed by atoms with E-state index in [1.807, 2.05) is 6.20 Å². The summed E-state index contributed by atoms with van der Waals surface area (Å²) in [5.41, 5.74) is 1.19. The summed E-state index contributed by atoms with van der Waals surface area (Å²) in [4.78, 5) is 6.95. The number of aromatic nitrogens is 1. The Balaban J connectivity index is 1.77. The number of halogens is 1. The van der Waals surface area contributed by atoms with E-state index in [1.54, 1.807) is 0 Å². The molecule has 2 rings (SSSR count). The average Bonchev–Trinajstić information content (AvgIpc) is 2.32. The van der Waals surface area contributed by atoms with Crippen LogP contribution in [0.4, 0.5) is 5.82 Å². The van der Waals surface area contributed by atoms with Crippen LogP contribution in [0.2, 0.25) is 0 Å². The predicted octanol–water partition coefficient (Wildman–Crippen LogP) is 3.30. The van der Waals surface area contributed by atoms with E-state index in [0.29, 0.717) is 0 Å². The Hall–Kier alpha value is -0.610. The molecule has 0 radical (unpaired) electrons. The van der Waals surface area contributed by atoms with E-state index in [0.717, 1.165) is 29.3 Å². The lowest BCUT2D eigenvalue weighted by atomic mass is 10.0. The van der Waals surface area contributed by atoms with Crippen LogP contribution in [0.15, 0.2) is 16.7 Å².